The van der Waals surface area contributed by atoms with Crippen molar-refractivity contribution in [3.05, 3.63) is 54.1 Å². The number of amides is 1. The lowest BCUT2D eigenvalue weighted by atomic mass is 10.1. The largest absolute Gasteiger partial charge is 0.484 e. The van der Waals surface area contributed by atoms with Gasteiger partial charge in [-0.2, -0.15) is 13.2 Å². The molecule has 0 aliphatic carbocycles. The van der Waals surface area contributed by atoms with Gasteiger partial charge in [-0.25, -0.2) is 0 Å². The molecule has 0 saturated carbocycles. The van der Waals surface area contributed by atoms with Gasteiger partial charge in [0.25, 0.3) is 5.91 Å². The number of nitrogens with zero attached hydrogens (tertiary/aromatic N) is 2. The van der Waals surface area contributed by atoms with Crippen LogP contribution in [0.1, 0.15) is 31.7 Å². The van der Waals surface area contributed by atoms with E-state index in [0.717, 1.165) is 32.1 Å². The summed E-state index contributed by atoms with van der Waals surface area (Å²) in [4.78, 5) is 16.7. The van der Waals surface area contributed by atoms with Crippen molar-refractivity contribution < 1.29 is 22.7 Å². The van der Waals surface area contributed by atoms with Crippen LogP contribution in [0.4, 0.5) is 24.5 Å². The highest BCUT2D eigenvalue weighted by Crippen LogP contribution is 2.38. The molecule has 2 saturated heterocycles. The number of alkyl halides is 3. The number of rotatable bonds is 6. The average molecular weight is 448 g/mol. The lowest BCUT2D eigenvalue weighted by Crippen LogP contribution is -2.39. The minimum Gasteiger partial charge on any atom is -0.484 e. The summed E-state index contributed by atoms with van der Waals surface area (Å²) < 4.78 is 46.7. The third-order valence-corrected chi connectivity index (χ3v) is 6.30. The number of nitrogens with one attached hydrogen (secondary N) is 1. The van der Waals surface area contributed by atoms with Gasteiger partial charge in [0.15, 0.2) is 6.61 Å². The summed E-state index contributed by atoms with van der Waals surface area (Å²) in [6.45, 7) is 4.35. The number of hydrogen-bond donors (Lipinski definition) is 1. The van der Waals surface area contributed by atoms with Crippen molar-refractivity contribution in [2.75, 3.05) is 36.5 Å². The van der Waals surface area contributed by atoms with E-state index in [2.05, 4.69) is 17.1 Å². The number of carbonyl (C=O) groups excluding carboxylic acids is 1. The molecule has 2 aliphatic heterocycles. The highest BCUT2D eigenvalue weighted by molar-refractivity contribution is 5.93. The molecule has 0 radical (unpaired) electrons. The van der Waals surface area contributed by atoms with Crippen LogP contribution < -0.4 is 15.0 Å². The number of hydrogen-bond acceptors (Lipinski definition) is 4. The number of halogens is 3. The second kappa shape index (κ2) is 9.40. The lowest BCUT2D eigenvalue weighted by molar-refractivity contribution is -0.137. The predicted octanol–water partition coefficient (Wildman–Crippen LogP) is 4.79. The van der Waals surface area contributed by atoms with Crippen molar-refractivity contribution in [3.63, 3.8) is 0 Å². The van der Waals surface area contributed by atoms with Crippen LogP contribution in [0.2, 0.25) is 0 Å². The van der Waals surface area contributed by atoms with Crippen LogP contribution in [0.25, 0.3) is 0 Å². The second-order valence-corrected chi connectivity index (χ2v) is 8.50. The summed E-state index contributed by atoms with van der Waals surface area (Å²) in [5, 5.41) is 2.35. The number of anilines is 2. The molecule has 0 bridgehead atoms. The van der Waals surface area contributed by atoms with Crippen LogP contribution >= 0.6 is 0 Å². The minimum atomic E-state index is -4.58. The molecule has 2 atom stereocenters. The Bertz CT molecular complexity index is 936. The Morgan fingerprint density at radius 2 is 1.91 bits per heavy atom. The second-order valence-electron chi connectivity index (χ2n) is 8.50. The van der Waals surface area contributed by atoms with Gasteiger partial charge in [0.1, 0.15) is 5.75 Å². The molecule has 5 nitrogen and oxygen atoms in total. The van der Waals surface area contributed by atoms with Crippen molar-refractivity contribution in [3.8, 4) is 5.75 Å². The van der Waals surface area contributed by atoms with Crippen LogP contribution in [0.15, 0.2) is 48.5 Å². The van der Waals surface area contributed by atoms with E-state index in [0.29, 0.717) is 23.5 Å². The van der Waals surface area contributed by atoms with Gasteiger partial charge in [-0.05, 0) is 63.1 Å². The average Bonchev–Trinajstić information content (AvgIpc) is 3.41. The third kappa shape index (κ3) is 5.18. The van der Waals surface area contributed by atoms with Crippen molar-refractivity contribution in [1.82, 2.24) is 4.90 Å². The number of benzene rings is 2. The zero-order valence-electron chi connectivity index (χ0n) is 18.1. The molecule has 0 aromatic heterocycles. The van der Waals surface area contributed by atoms with Gasteiger partial charge in [0.05, 0.1) is 11.3 Å². The Balaban J connectivity index is 1.44. The van der Waals surface area contributed by atoms with Crippen LogP contribution in [-0.2, 0) is 11.0 Å². The molecule has 1 N–H and O–H groups in total. The molecular weight excluding hydrogens is 419 g/mol. The van der Waals surface area contributed by atoms with Gasteiger partial charge in [-0.1, -0.05) is 18.2 Å². The maximum Gasteiger partial charge on any atom is 0.418 e. The molecule has 2 aromatic rings. The SMILES string of the molecule is CC1CCCN1C1CCN(c2ccc(NC(=O)COc3ccccc3)c(C(F)(F)F)c2)C1. The van der Waals surface area contributed by atoms with E-state index in [1.807, 2.05) is 4.90 Å². The Morgan fingerprint density at radius 1 is 1.12 bits per heavy atom. The summed E-state index contributed by atoms with van der Waals surface area (Å²) in [6, 6.07) is 13.7. The molecule has 1 amide bonds. The fraction of sp³-hybridized carbons (Fsp3) is 0.458. The molecule has 2 fully saturated rings. The molecule has 172 valence electrons. The summed E-state index contributed by atoms with van der Waals surface area (Å²) in [5.41, 5.74) is -0.571. The first-order chi connectivity index (χ1) is 15.3. The molecule has 2 aromatic carbocycles. The maximum absolute atomic E-state index is 13.8. The summed E-state index contributed by atoms with van der Waals surface area (Å²) >= 11 is 0. The number of para-hydroxylation sites is 1. The summed E-state index contributed by atoms with van der Waals surface area (Å²) in [6.07, 6.45) is -1.28. The molecule has 4 rings (SSSR count). The molecule has 2 heterocycles. The third-order valence-electron chi connectivity index (χ3n) is 6.30. The number of likely N-dealkylation sites (tertiary alicyclic amines) is 1. The highest BCUT2D eigenvalue weighted by atomic mass is 19.4. The zero-order chi connectivity index (χ0) is 22.7. The van der Waals surface area contributed by atoms with Crippen LogP contribution in [0, 0.1) is 0 Å². The first-order valence-corrected chi connectivity index (χ1v) is 11.0. The van der Waals surface area contributed by atoms with Crippen molar-refractivity contribution in [2.45, 2.75) is 44.4 Å². The fourth-order valence-corrected chi connectivity index (χ4v) is 4.67. The summed E-state index contributed by atoms with van der Waals surface area (Å²) in [5.74, 6) is -0.165. The quantitative estimate of drug-likeness (QED) is 0.692. The summed E-state index contributed by atoms with van der Waals surface area (Å²) in [7, 11) is 0. The van der Waals surface area contributed by atoms with Gasteiger partial charge in [0.2, 0.25) is 0 Å². The Kier molecular flexibility index (Phi) is 6.60. The maximum atomic E-state index is 13.8. The van der Waals surface area contributed by atoms with E-state index in [-0.39, 0.29) is 12.3 Å². The van der Waals surface area contributed by atoms with E-state index in [4.69, 9.17) is 4.74 Å². The topological polar surface area (TPSA) is 44.8 Å². The van der Waals surface area contributed by atoms with Crippen LogP contribution in [0.5, 0.6) is 5.75 Å². The van der Waals surface area contributed by atoms with Gasteiger partial charge >= 0.3 is 6.18 Å². The van der Waals surface area contributed by atoms with Gasteiger partial charge in [-0.3, -0.25) is 9.69 Å². The van der Waals surface area contributed by atoms with E-state index >= 15 is 0 Å². The first-order valence-electron chi connectivity index (χ1n) is 11.0. The molecule has 2 unspecified atom stereocenters. The molecule has 2 aliphatic rings. The normalized spacial score (nSPS) is 21.7. The van der Waals surface area contributed by atoms with Gasteiger partial charge in [0, 0.05) is 30.9 Å². The standard InChI is InChI=1S/C24H28F3N3O2/c1-17-6-5-12-30(17)19-11-13-29(15-19)18-9-10-22(21(14-18)24(25,26)27)28-23(31)16-32-20-7-3-2-4-8-20/h2-4,7-10,14,17,19H,5-6,11-13,15-16H2,1H3,(H,28,31). The molecule has 0 spiro atoms. The monoisotopic (exact) mass is 447 g/mol. The van der Waals surface area contributed by atoms with E-state index in [1.54, 1.807) is 36.4 Å². The van der Waals surface area contributed by atoms with Crippen LogP contribution in [0.3, 0.4) is 0 Å². The van der Waals surface area contributed by atoms with Crippen molar-refractivity contribution in [2.24, 2.45) is 0 Å². The molecule has 8 heteroatoms. The van der Waals surface area contributed by atoms with Crippen molar-refractivity contribution >= 4 is 17.3 Å². The Labute approximate surface area is 186 Å². The fourth-order valence-electron chi connectivity index (χ4n) is 4.67. The predicted molar refractivity (Wildman–Crippen MR) is 118 cm³/mol. The Morgan fingerprint density at radius 3 is 2.59 bits per heavy atom. The number of ether oxygens (including phenoxy) is 1. The van der Waals surface area contributed by atoms with Crippen LogP contribution in [-0.4, -0.2) is 49.1 Å². The van der Waals surface area contributed by atoms with Gasteiger partial charge in [-0.15, -0.1) is 0 Å². The van der Waals surface area contributed by atoms with Crippen molar-refractivity contribution in [1.29, 1.82) is 0 Å². The highest BCUT2D eigenvalue weighted by Gasteiger charge is 2.37. The Hall–Kier alpha value is -2.74. The number of carbonyl (C=O) groups is 1. The molecule has 32 heavy (non-hydrogen) atoms. The van der Waals surface area contributed by atoms with E-state index < -0.39 is 17.6 Å². The van der Waals surface area contributed by atoms with Gasteiger partial charge < -0.3 is 15.0 Å². The molecular formula is C24H28F3N3O2. The lowest BCUT2D eigenvalue weighted by Gasteiger charge is -2.29. The minimum absolute atomic E-state index is 0.258. The first kappa shape index (κ1) is 22.5. The smallest absolute Gasteiger partial charge is 0.418 e. The van der Waals surface area contributed by atoms with E-state index in [9.17, 15) is 18.0 Å². The zero-order valence-corrected chi connectivity index (χ0v) is 18.1. The van der Waals surface area contributed by atoms with E-state index in [1.165, 1.54) is 18.9 Å².